The zero-order valence-electron chi connectivity index (χ0n) is 11.4. The number of Topliss-reactive ketones (excluding diaryl/α,β-unsaturated/α-hetero) is 2. The fourth-order valence-electron chi connectivity index (χ4n) is 1.56. The van der Waals surface area contributed by atoms with E-state index in [9.17, 15) is 9.59 Å². The van der Waals surface area contributed by atoms with Gasteiger partial charge in [-0.1, -0.05) is 23.7 Å². The van der Waals surface area contributed by atoms with E-state index in [4.69, 9.17) is 11.6 Å². The second kappa shape index (κ2) is 7.22. The lowest BCUT2D eigenvalue weighted by atomic mass is 10.0. The predicted molar refractivity (Wildman–Crippen MR) is 78.3 cm³/mol. The third-order valence-corrected chi connectivity index (χ3v) is 2.90. The van der Waals surface area contributed by atoms with Gasteiger partial charge in [0, 0.05) is 18.0 Å². The van der Waals surface area contributed by atoms with Crippen LogP contribution in [0.5, 0.6) is 0 Å². The Balaban J connectivity index is 2.91. The Hall–Kier alpha value is -1.45. The Morgan fingerprint density at radius 2 is 1.79 bits per heavy atom. The lowest BCUT2D eigenvalue weighted by molar-refractivity contribution is -0.120. The van der Waals surface area contributed by atoms with Crippen LogP contribution >= 0.6 is 11.6 Å². The van der Waals surface area contributed by atoms with Crippen LogP contribution in [0.1, 0.15) is 18.9 Å². The van der Waals surface area contributed by atoms with Crippen molar-refractivity contribution in [2.75, 3.05) is 20.6 Å². The van der Waals surface area contributed by atoms with Crippen LogP contribution in [-0.2, 0) is 9.59 Å². The summed E-state index contributed by atoms with van der Waals surface area (Å²) in [5, 5.41) is 0.625. The van der Waals surface area contributed by atoms with E-state index < -0.39 is 0 Å². The molecule has 1 aromatic carbocycles. The van der Waals surface area contributed by atoms with Gasteiger partial charge in [0.15, 0.2) is 11.6 Å². The zero-order valence-corrected chi connectivity index (χ0v) is 12.2. The number of rotatable bonds is 6. The normalized spacial score (nSPS) is 11.7. The summed E-state index contributed by atoms with van der Waals surface area (Å²) in [7, 11) is 3.78. The highest BCUT2D eigenvalue weighted by Crippen LogP contribution is 2.14. The maximum Gasteiger partial charge on any atom is 0.167 e. The largest absolute Gasteiger partial charge is 0.309 e. The lowest BCUT2D eigenvalue weighted by Crippen LogP contribution is -2.19. The average Bonchev–Trinajstić information content (AvgIpc) is 2.34. The quantitative estimate of drug-likeness (QED) is 0.456. The van der Waals surface area contributed by atoms with Crippen molar-refractivity contribution in [2.45, 2.75) is 13.3 Å². The van der Waals surface area contributed by atoms with Gasteiger partial charge >= 0.3 is 0 Å². The molecule has 0 atom stereocenters. The molecular weight excluding hydrogens is 262 g/mol. The molecule has 0 aromatic heterocycles. The summed E-state index contributed by atoms with van der Waals surface area (Å²) in [5.41, 5.74) is 1.04. The van der Waals surface area contributed by atoms with E-state index in [1.165, 1.54) is 6.92 Å². The van der Waals surface area contributed by atoms with Gasteiger partial charge in [-0.25, -0.2) is 0 Å². The minimum atomic E-state index is -0.210. The Labute approximate surface area is 118 Å². The van der Waals surface area contributed by atoms with E-state index in [1.807, 2.05) is 19.0 Å². The Morgan fingerprint density at radius 1 is 1.21 bits per heavy atom. The van der Waals surface area contributed by atoms with Crippen LogP contribution in [0.2, 0.25) is 5.02 Å². The van der Waals surface area contributed by atoms with Gasteiger partial charge in [0.25, 0.3) is 0 Å². The fraction of sp³-hybridized carbons (Fsp3) is 0.333. The highest BCUT2D eigenvalue weighted by atomic mass is 35.5. The van der Waals surface area contributed by atoms with Crippen LogP contribution in [0.4, 0.5) is 0 Å². The van der Waals surface area contributed by atoms with Gasteiger partial charge in [-0.3, -0.25) is 9.59 Å². The smallest absolute Gasteiger partial charge is 0.167 e. The molecule has 0 saturated carbocycles. The van der Waals surface area contributed by atoms with Gasteiger partial charge in [-0.15, -0.1) is 0 Å². The van der Waals surface area contributed by atoms with Crippen molar-refractivity contribution in [1.29, 1.82) is 0 Å². The summed E-state index contributed by atoms with van der Waals surface area (Å²) in [6.45, 7) is 2.04. The van der Waals surface area contributed by atoms with Gasteiger partial charge in [0.05, 0.1) is 5.57 Å². The Morgan fingerprint density at radius 3 is 2.26 bits per heavy atom. The molecule has 0 amide bonds. The molecule has 0 fully saturated rings. The third kappa shape index (κ3) is 5.37. The average molecular weight is 280 g/mol. The summed E-state index contributed by atoms with van der Waals surface area (Å²) >= 11 is 5.80. The van der Waals surface area contributed by atoms with Crippen molar-refractivity contribution < 1.29 is 9.59 Å². The monoisotopic (exact) mass is 279 g/mol. The second-order valence-electron chi connectivity index (χ2n) is 4.64. The van der Waals surface area contributed by atoms with E-state index in [0.717, 1.165) is 5.56 Å². The van der Waals surface area contributed by atoms with Crippen molar-refractivity contribution >= 4 is 29.2 Å². The van der Waals surface area contributed by atoms with Gasteiger partial charge in [0.2, 0.25) is 0 Å². The highest BCUT2D eigenvalue weighted by molar-refractivity contribution is 6.30. The number of ketones is 2. The van der Waals surface area contributed by atoms with Gasteiger partial charge in [-0.2, -0.15) is 0 Å². The fourth-order valence-corrected chi connectivity index (χ4v) is 1.69. The number of nitrogens with zero attached hydrogens (tertiary/aromatic N) is 1. The first-order valence-electron chi connectivity index (χ1n) is 6.06. The molecule has 1 rings (SSSR count). The number of allylic oxidation sites excluding steroid dienone is 1. The first-order chi connectivity index (χ1) is 8.90. The van der Waals surface area contributed by atoms with Crippen LogP contribution in [0.3, 0.4) is 0 Å². The number of halogens is 1. The Bertz CT molecular complexity index is 489. The molecule has 0 spiro atoms. The molecule has 19 heavy (non-hydrogen) atoms. The summed E-state index contributed by atoms with van der Waals surface area (Å²) in [6.07, 6.45) is 1.96. The van der Waals surface area contributed by atoms with Crippen LogP contribution < -0.4 is 0 Å². The molecule has 3 nitrogen and oxygen atoms in total. The number of hydrogen-bond donors (Lipinski definition) is 0. The molecule has 1 aromatic rings. The van der Waals surface area contributed by atoms with Crippen molar-refractivity contribution in [3.8, 4) is 0 Å². The molecule has 0 aliphatic rings. The van der Waals surface area contributed by atoms with Crippen LogP contribution in [0, 0.1) is 0 Å². The van der Waals surface area contributed by atoms with Crippen molar-refractivity contribution in [2.24, 2.45) is 0 Å². The maximum absolute atomic E-state index is 12.0. The van der Waals surface area contributed by atoms with Gasteiger partial charge < -0.3 is 4.90 Å². The SMILES string of the molecule is CC(=O)/C(=C/c1ccc(Cl)cc1)C(=O)CCN(C)C. The molecule has 0 radical (unpaired) electrons. The summed E-state index contributed by atoms with van der Waals surface area (Å²) in [5.74, 6) is -0.338. The molecule has 0 unspecified atom stereocenters. The van der Waals surface area contributed by atoms with E-state index in [-0.39, 0.29) is 17.1 Å². The molecule has 4 heteroatoms. The van der Waals surface area contributed by atoms with Gasteiger partial charge in [-0.05, 0) is 44.8 Å². The third-order valence-electron chi connectivity index (χ3n) is 2.65. The van der Waals surface area contributed by atoms with Crippen LogP contribution in [0.25, 0.3) is 6.08 Å². The van der Waals surface area contributed by atoms with Crippen molar-refractivity contribution in [3.05, 3.63) is 40.4 Å². The Kier molecular flexibility index (Phi) is 5.93. The topological polar surface area (TPSA) is 37.4 Å². The molecular formula is C15H18ClNO2. The molecule has 0 N–H and O–H groups in total. The lowest BCUT2D eigenvalue weighted by Gasteiger charge is -2.09. The van der Waals surface area contributed by atoms with E-state index >= 15 is 0 Å². The summed E-state index contributed by atoms with van der Waals surface area (Å²) in [4.78, 5) is 25.5. The number of hydrogen-bond acceptors (Lipinski definition) is 3. The highest BCUT2D eigenvalue weighted by Gasteiger charge is 2.14. The first-order valence-corrected chi connectivity index (χ1v) is 6.44. The summed E-state index contributed by atoms with van der Waals surface area (Å²) in [6, 6.07) is 7.03. The number of benzene rings is 1. The summed E-state index contributed by atoms with van der Waals surface area (Å²) < 4.78 is 0. The maximum atomic E-state index is 12.0. The van der Waals surface area contributed by atoms with E-state index in [2.05, 4.69) is 0 Å². The number of carbonyl (C=O) groups excluding carboxylic acids is 2. The second-order valence-corrected chi connectivity index (χ2v) is 5.08. The molecule has 0 bridgehead atoms. The molecule has 0 aliphatic carbocycles. The molecule has 0 aliphatic heterocycles. The van der Waals surface area contributed by atoms with Crippen LogP contribution in [-0.4, -0.2) is 37.1 Å². The zero-order chi connectivity index (χ0) is 14.4. The standard InChI is InChI=1S/C15H18ClNO2/c1-11(18)14(15(19)8-9-17(2)3)10-12-4-6-13(16)7-5-12/h4-7,10H,8-9H2,1-3H3/b14-10-. The minimum Gasteiger partial charge on any atom is -0.309 e. The first kappa shape index (κ1) is 15.6. The van der Waals surface area contributed by atoms with Gasteiger partial charge in [0.1, 0.15) is 0 Å². The molecule has 0 saturated heterocycles. The van der Waals surface area contributed by atoms with E-state index in [1.54, 1.807) is 30.3 Å². The van der Waals surface area contributed by atoms with Crippen molar-refractivity contribution in [3.63, 3.8) is 0 Å². The molecule has 0 heterocycles. The van der Waals surface area contributed by atoms with Crippen LogP contribution in [0.15, 0.2) is 29.8 Å². The van der Waals surface area contributed by atoms with Crippen molar-refractivity contribution in [1.82, 2.24) is 4.90 Å². The molecule has 102 valence electrons. The number of carbonyl (C=O) groups is 2. The van der Waals surface area contributed by atoms with E-state index in [0.29, 0.717) is 18.0 Å². The predicted octanol–water partition coefficient (Wildman–Crippen LogP) is 2.83. The minimum absolute atomic E-state index is 0.129.